The SMILES string of the molecule is CC/C=C\C/C=C\C/C=C\C/C=C\CCCCCCCCCCCCCCCCC(=O)OCC(COC(=O)CCCCCCCC)OC(=O)CCCCCCCCCCCCCCCCCCCCCCCCCC. The van der Waals surface area contributed by atoms with E-state index in [-0.39, 0.29) is 31.1 Å². The predicted octanol–water partition coefficient (Wildman–Crippen LogP) is 22.6. The second-order valence-corrected chi connectivity index (χ2v) is 22.4. The van der Waals surface area contributed by atoms with E-state index in [0.717, 1.165) is 83.5 Å². The van der Waals surface area contributed by atoms with Gasteiger partial charge in [0.1, 0.15) is 13.2 Å². The third-order valence-corrected chi connectivity index (χ3v) is 14.8. The molecule has 0 aliphatic heterocycles. The van der Waals surface area contributed by atoms with Crippen molar-refractivity contribution in [2.75, 3.05) is 13.2 Å². The highest BCUT2D eigenvalue weighted by molar-refractivity contribution is 5.71. The monoisotopic (exact) mass is 1050 g/mol. The minimum absolute atomic E-state index is 0.0685. The maximum absolute atomic E-state index is 12.9. The Hall–Kier alpha value is -2.63. The third kappa shape index (κ3) is 62.1. The predicted molar refractivity (Wildman–Crippen MR) is 325 cm³/mol. The Bertz CT molecular complexity index is 1300. The van der Waals surface area contributed by atoms with Crippen LogP contribution >= 0.6 is 0 Å². The molecule has 0 aromatic heterocycles. The Labute approximate surface area is 467 Å². The molecule has 0 rings (SSSR count). The van der Waals surface area contributed by atoms with Gasteiger partial charge in [-0.15, -0.1) is 0 Å². The van der Waals surface area contributed by atoms with Crippen molar-refractivity contribution in [3.8, 4) is 0 Å². The van der Waals surface area contributed by atoms with Gasteiger partial charge >= 0.3 is 17.9 Å². The topological polar surface area (TPSA) is 78.9 Å². The summed E-state index contributed by atoms with van der Waals surface area (Å²) in [5.41, 5.74) is 0. The van der Waals surface area contributed by atoms with Crippen LogP contribution in [0.5, 0.6) is 0 Å². The van der Waals surface area contributed by atoms with E-state index in [1.807, 2.05) is 0 Å². The van der Waals surface area contributed by atoms with E-state index in [1.165, 1.54) is 231 Å². The van der Waals surface area contributed by atoms with Gasteiger partial charge in [0.15, 0.2) is 6.10 Å². The van der Waals surface area contributed by atoms with Crippen molar-refractivity contribution in [1.29, 1.82) is 0 Å². The molecule has 0 N–H and O–H groups in total. The van der Waals surface area contributed by atoms with Gasteiger partial charge in [0.2, 0.25) is 0 Å². The van der Waals surface area contributed by atoms with E-state index in [0.29, 0.717) is 19.3 Å². The number of rotatable bonds is 61. The van der Waals surface area contributed by atoms with Crippen LogP contribution in [0.3, 0.4) is 0 Å². The quantitative estimate of drug-likeness (QED) is 0.0261. The molecule has 0 fully saturated rings. The van der Waals surface area contributed by atoms with Gasteiger partial charge in [0.05, 0.1) is 0 Å². The standard InChI is InChI=1S/C69H126O6/c1-4-7-10-13-16-18-20-22-24-26-28-30-32-34-35-36-38-39-41-43-45-47-49-51-53-56-59-62-68(71)74-65-66(64-73-67(70)61-58-55-15-12-9-6-3)75-69(72)63-60-57-54-52-50-48-46-44-42-40-37-33-31-29-27-25-23-21-19-17-14-11-8-5-2/h7,10,16,18,22,24,28,30,66H,4-6,8-9,11-15,17,19-21,23,25-27,29,31-65H2,1-3H3/b10-7-,18-16-,24-22-,30-28-. The number of ether oxygens (including phenoxy) is 3. The van der Waals surface area contributed by atoms with Gasteiger partial charge in [-0.25, -0.2) is 0 Å². The zero-order valence-electron chi connectivity index (χ0n) is 50.3. The zero-order chi connectivity index (χ0) is 54.3. The summed E-state index contributed by atoms with van der Waals surface area (Å²) in [5, 5.41) is 0. The molecule has 0 heterocycles. The first-order valence-electron chi connectivity index (χ1n) is 33.1. The number of esters is 3. The highest BCUT2D eigenvalue weighted by atomic mass is 16.6. The van der Waals surface area contributed by atoms with Crippen molar-refractivity contribution in [1.82, 2.24) is 0 Å². The van der Waals surface area contributed by atoms with Crippen molar-refractivity contribution >= 4 is 17.9 Å². The van der Waals surface area contributed by atoms with Crippen LogP contribution in [0.15, 0.2) is 48.6 Å². The molecule has 0 aromatic rings. The minimum Gasteiger partial charge on any atom is -0.462 e. The summed E-state index contributed by atoms with van der Waals surface area (Å²) in [5.74, 6) is -0.856. The van der Waals surface area contributed by atoms with Crippen molar-refractivity contribution < 1.29 is 28.6 Å². The van der Waals surface area contributed by atoms with E-state index < -0.39 is 6.10 Å². The van der Waals surface area contributed by atoms with Crippen molar-refractivity contribution in [3.05, 3.63) is 48.6 Å². The van der Waals surface area contributed by atoms with Crippen molar-refractivity contribution in [2.45, 2.75) is 361 Å². The van der Waals surface area contributed by atoms with Crippen LogP contribution in [0.25, 0.3) is 0 Å². The molecule has 438 valence electrons. The molecule has 0 spiro atoms. The van der Waals surface area contributed by atoms with E-state index in [2.05, 4.69) is 69.4 Å². The summed E-state index contributed by atoms with van der Waals surface area (Å²) in [7, 11) is 0. The lowest BCUT2D eigenvalue weighted by molar-refractivity contribution is -0.167. The fraction of sp³-hybridized carbons (Fsp3) is 0.841. The summed E-state index contributed by atoms with van der Waals surface area (Å²) in [6.45, 7) is 6.53. The van der Waals surface area contributed by atoms with Gasteiger partial charge in [-0.05, 0) is 57.8 Å². The van der Waals surface area contributed by atoms with Crippen LogP contribution in [-0.4, -0.2) is 37.2 Å². The average molecular weight is 1050 g/mol. The Morgan fingerprint density at radius 1 is 0.280 bits per heavy atom. The van der Waals surface area contributed by atoms with Gasteiger partial charge in [-0.2, -0.15) is 0 Å². The van der Waals surface area contributed by atoms with E-state index in [1.54, 1.807) is 0 Å². The van der Waals surface area contributed by atoms with E-state index in [4.69, 9.17) is 14.2 Å². The second-order valence-electron chi connectivity index (χ2n) is 22.4. The molecule has 75 heavy (non-hydrogen) atoms. The van der Waals surface area contributed by atoms with Gasteiger partial charge in [-0.3, -0.25) is 14.4 Å². The molecule has 0 bridgehead atoms. The Morgan fingerprint density at radius 2 is 0.520 bits per heavy atom. The second kappa shape index (κ2) is 63.9. The van der Waals surface area contributed by atoms with Crippen LogP contribution in [0, 0.1) is 0 Å². The number of carbonyl (C=O) groups is 3. The van der Waals surface area contributed by atoms with Crippen LogP contribution in [0.4, 0.5) is 0 Å². The first-order chi connectivity index (χ1) is 37.0. The van der Waals surface area contributed by atoms with Crippen LogP contribution < -0.4 is 0 Å². The fourth-order valence-corrected chi connectivity index (χ4v) is 9.91. The average Bonchev–Trinajstić information content (AvgIpc) is 3.41. The molecule has 0 saturated heterocycles. The fourth-order valence-electron chi connectivity index (χ4n) is 9.91. The summed E-state index contributed by atoms with van der Waals surface area (Å²) < 4.78 is 16.8. The summed E-state index contributed by atoms with van der Waals surface area (Å²) in [6.07, 6.45) is 80.3. The lowest BCUT2D eigenvalue weighted by Crippen LogP contribution is -2.30. The highest BCUT2D eigenvalue weighted by Gasteiger charge is 2.19. The molecular formula is C69H126O6. The van der Waals surface area contributed by atoms with Gasteiger partial charge in [0, 0.05) is 19.3 Å². The van der Waals surface area contributed by atoms with Crippen LogP contribution in [0.2, 0.25) is 0 Å². The summed E-state index contributed by atoms with van der Waals surface area (Å²) >= 11 is 0. The Balaban J connectivity index is 4.02. The molecule has 0 aromatic carbocycles. The largest absolute Gasteiger partial charge is 0.462 e. The molecular weight excluding hydrogens is 925 g/mol. The molecule has 0 aliphatic rings. The molecule has 1 unspecified atom stereocenters. The molecule has 1 atom stereocenters. The van der Waals surface area contributed by atoms with Crippen LogP contribution in [-0.2, 0) is 28.6 Å². The Morgan fingerprint density at radius 3 is 0.813 bits per heavy atom. The smallest absolute Gasteiger partial charge is 0.306 e. The van der Waals surface area contributed by atoms with Crippen LogP contribution in [0.1, 0.15) is 355 Å². The number of carbonyl (C=O) groups excluding carboxylic acids is 3. The third-order valence-electron chi connectivity index (χ3n) is 14.8. The molecule has 0 saturated carbocycles. The molecule has 6 nitrogen and oxygen atoms in total. The summed E-state index contributed by atoms with van der Waals surface area (Å²) in [4.78, 5) is 38.0. The van der Waals surface area contributed by atoms with E-state index >= 15 is 0 Å². The number of hydrogen-bond acceptors (Lipinski definition) is 6. The molecule has 0 amide bonds. The van der Waals surface area contributed by atoms with Gasteiger partial charge < -0.3 is 14.2 Å². The van der Waals surface area contributed by atoms with E-state index in [9.17, 15) is 14.4 Å². The maximum atomic E-state index is 12.9. The summed E-state index contributed by atoms with van der Waals surface area (Å²) in [6, 6.07) is 0. The zero-order valence-corrected chi connectivity index (χ0v) is 50.3. The van der Waals surface area contributed by atoms with Crippen molar-refractivity contribution in [3.63, 3.8) is 0 Å². The number of unbranched alkanes of at least 4 members (excludes halogenated alkanes) is 42. The molecule has 0 aliphatic carbocycles. The normalized spacial score (nSPS) is 12.3. The Kier molecular flexibility index (Phi) is 61.7. The van der Waals surface area contributed by atoms with Gasteiger partial charge in [-0.1, -0.05) is 326 Å². The van der Waals surface area contributed by atoms with Crippen molar-refractivity contribution in [2.24, 2.45) is 0 Å². The minimum atomic E-state index is -0.767. The highest BCUT2D eigenvalue weighted by Crippen LogP contribution is 2.18. The first kappa shape index (κ1) is 72.4. The number of hydrogen-bond donors (Lipinski definition) is 0. The van der Waals surface area contributed by atoms with Gasteiger partial charge in [0.25, 0.3) is 0 Å². The maximum Gasteiger partial charge on any atom is 0.306 e. The first-order valence-corrected chi connectivity index (χ1v) is 33.1. The number of allylic oxidation sites excluding steroid dienone is 8. The molecule has 0 radical (unpaired) electrons. The lowest BCUT2D eigenvalue weighted by Gasteiger charge is -2.18. The lowest BCUT2D eigenvalue weighted by atomic mass is 10.0. The molecule has 6 heteroatoms.